The van der Waals surface area contributed by atoms with Crippen molar-refractivity contribution in [2.24, 2.45) is 4.99 Å². The highest BCUT2D eigenvalue weighted by atomic mass is 127. The van der Waals surface area contributed by atoms with Gasteiger partial charge in [0.1, 0.15) is 0 Å². The van der Waals surface area contributed by atoms with E-state index in [1.807, 2.05) is 20.8 Å². The highest BCUT2D eigenvalue weighted by Crippen LogP contribution is 2.29. The molecule has 0 fully saturated rings. The first kappa shape index (κ1) is 25.6. The van der Waals surface area contributed by atoms with Crippen LogP contribution in [0.4, 0.5) is 13.2 Å². The van der Waals surface area contributed by atoms with Gasteiger partial charge in [-0.05, 0) is 13.3 Å². The quantitative estimate of drug-likeness (QED) is 0.214. The number of guanidine groups is 1. The lowest BCUT2D eigenvalue weighted by Crippen LogP contribution is -2.38. The van der Waals surface area contributed by atoms with Crippen molar-refractivity contribution in [1.82, 2.24) is 25.8 Å². The summed E-state index contributed by atoms with van der Waals surface area (Å²) in [4.78, 5) is 12.4. The van der Waals surface area contributed by atoms with Gasteiger partial charge >= 0.3 is 6.18 Å². The third-order valence-corrected chi connectivity index (χ3v) is 4.55. The Balaban J connectivity index is 0.00000420. The van der Waals surface area contributed by atoms with Crippen LogP contribution in [-0.4, -0.2) is 40.7 Å². The third kappa shape index (κ3) is 8.84. The molecular formula is C17H26F3IN6OS. The molecule has 0 aliphatic carbocycles. The number of hydrogen-bond donors (Lipinski definition) is 2. The number of alkyl halides is 3. The minimum atomic E-state index is -4.40. The summed E-state index contributed by atoms with van der Waals surface area (Å²) in [6, 6.07) is 0. The summed E-state index contributed by atoms with van der Waals surface area (Å²) in [6.45, 7) is 7.64. The third-order valence-electron chi connectivity index (χ3n) is 3.64. The molecule has 29 heavy (non-hydrogen) atoms. The molecule has 0 atom stereocenters. The van der Waals surface area contributed by atoms with Crippen molar-refractivity contribution >= 4 is 41.3 Å². The molecular weight excluding hydrogens is 520 g/mol. The lowest BCUT2D eigenvalue weighted by Gasteiger charge is -2.10. The molecule has 0 unspecified atom stereocenters. The first-order valence-corrected chi connectivity index (χ1v) is 10.0. The van der Waals surface area contributed by atoms with Crippen LogP contribution in [0, 0.1) is 0 Å². The van der Waals surface area contributed by atoms with Gasteiger partial charge in [0.25, 0.3) is 0 Å². The van der Waals surface area contributed by atoms with E-state index in [1.54, 1.807) is 0 Å². The summed E-state index contributed by atoms with van der Waals surface area (Å²) in [6.07, 6.45) is -2.61. The molecule has 0 aliphatic heterocycles. The van der Waals surface area contributed by atoms with E-state index in [1.165, 1.54) is 0 Å². The van der Waals surface area contributed by atoms with Gasteiger partial charge in [-0.2, -0.15) is 18.2 Å². The van der Waals surface area contributed by atoms with Crippen LogP contribution in [0.1, 0.15) is 55.5 Å². The smallest absolute Gasteiger partial charge is 0.357 e. The number of rotatable bonds is 9. The summed E-state index contributed by atoms with van der Waals surface area (Å²) in [7, 11) is 0. The van der Waals surface area contributed by atoms with Gasteiger partial charge in [0.05, 0.1) is 5.01 Å². The van der Waals surface area contributed by atoms with Crippen molar-refractivity contribution in [2.45, 2.75) is 52.1 Å². The number of thiazole rings is 1. The fourth-order valence-electron chi connectivity index (χ4n) is 2.21. The molecule has 0 saturated carbocycles. The maximum atomic E-state index is 12.6. The zero-order valence-electron chi connectivity index (χ0n) is 16.5. The van der Waals surface area contributed by atoms with E-state index in [0.717, 1.165) is 23.1 Å². The molecule has 0 spiro atoms. The Kier molecular flexibility index (Phi) is 10.9. The Morgan fingerprint density at radius 2 is 2.00 bits per heavy atom. The largest absolute Gasteiger partial charge is 0.434 e. The van der Waals surface area contributed by atoms with E-state index in [2.05, 4.69) is 30.8 Å². The van der Waals surface area contributed by atoms with E-state index in [4.69, 9.17) is 4.52 Å². The highest BCUT2D eigenvalue weighted by Gasteiger charge is 2.33. The summed E-state index contributed by atoms with van der Waals surface area (Å²) in [5, 5.41) is 11.6. The van der Waals surface area contributed by atoms with Crippen LogP contribution in [0.5, 0.6) is 0 Å². The molecule has 164 valence electrons. The van der Waals surface area contributed by atoms with E-state index < -0.39 is 11.9 Å². The van der Waals surface area contributed by atoms with Crippen molar-refractivity contribution in [2.75, 3.05) is 19.6 Å². The monoisotopic (exact) mass is 546 g/mol. The minimum absolute atomic E-state index is 0. The predicted molar refractivity (Wildman–Crippen MR) is 117 cm³/mol. The van der Waals surface area contributed by atoms with E-state index in [9.17, 15) is 13.2 Å². The standard InChI is InChI=1S/C17H25F3N6OS.HI/c1-4-21-16(22-8-5-6-13-25-15(11(2)3)26-27-13)23-9-7-14-24-12(10-28-14)17(18,19)20;/h10-11H,4-9H2,1-3H3,(H2,21,22,23);1H. The molecule has 12 heteroatoms. The summed E-state index contributed by atoms with van der Waals surface area (Å²) in [5.74, 6) is 2.14. The zero-order chi connectivity index (χ0) is 20.6. The molecule has 0 amide bonds. The maximum Gasteiger partial charge on any atom is 0.434 e. The summed E-state index contributed by atoms with van der Waals surface area (Å²) < 4.78 is 42.9. The van der Waals surface area contributed by atoms with Crippen LogP contribution in [-0.2, 0) is 19.0 Å². The number of nitrogens with one attached hydrogen (secondary N) is 2. The van der Waals surface area contributed by atoms with Crippen LogP contribution in [0.15, 0.2) is 14.9 Å². The predicted octanol–water partition coefficient (Wildman–Crippen LogP) is 4.02. The number of nitrogens with zero attached hydrogens (tertiary/aromatic N) is 4. The van der Waals surface area contributed by atoms with Crippen molar-refractivity contribution in [3.05, 3.63) is 27.8 Å². The Labute approximate surface area is 189 Å². The average Bonchev–Trinajstić information content (AvgIpc) is 3.28. The van der Waals surface area contributed by atoms with E-state index in [0.29, 0.717) is 55.2 Å². The van der Waals surface area contributed by atoms with Gasteiger partial charge in [-0.25, -0.2) is 4.98 Å². The van der Waals surface area contributed by atoms with Crippen LogP contribution in [0.3, 0.4) is 0 Å². The molecule has 0 aromatic carbocycles. The topological polar surface area (TPSA) is 88.2 Å². The fraction of sp³-hybridized carbons (Fsp3) is 0.647. The van der Waals surface area contributed by atoms with Gasteiger partial charge in [0.15, 0.2) is 17.5 Å². The Morgan fingerprint density at radius 1 is 1.24 bits per heavy atom. The van der Waals surface area contributed by atoms with Crippen molar-refractivity contribution in [3.63, 3.8) is 0 Å². The SMILES string of the molecule is CCNC(=NCCCc1nc(C(C)C)no1)NCCc1nc(C(F)(F)F)cs1.I. The highest BCUT2D eigenvalue weighted by molar-refractivity contribution is 14.0. The maximum absolute atomic E-state index is 12.6. The number of halogens is 4. The second kappa shape index (κ2) is 12.3. The van der Waals surface area contributed by atoms with Gasteiger partial charge in [-0.1, -0.05) is 19.0 Å². The van der Waals surface area contributed by atoms with Crippen molar-refractivity contribution in [3.8, 4) is 0 Å². The molecule has 2 aromatic heterocycles. The second-order valence-corrected chi connectivity index (χ2v) is 7.31. The molecule has 0 saturated heterocycles. The Bertz CT molecular complexity index is 762. The minimum Gasteiger partial charge on any atom is -0.357 e. The first-order chi connectivity index (χ1) is 13.3. The molecule has 2 heterocycles. The zero-order valence-corrected chi connectivity index (χ0v) is 19.7. The fourth-order valence-corrected chi connectivity index (χ4v) is 3.02. The van der Waals surface area contributed by atoms with Crippen molar-refractivity contribution < 1.29 is 17.7 Å². The molecule has 2 aromatic rings. The first-order valence-electron chi connectivity index (χ1n) is 9.15. The molecule has 0 aliphatic rings. The van der Waals surface area contributed by atoms with Gasteiger partial charge in [-0.15, -0.1) is 35.3 Å². The Morgan fingerprint density at radius 3 is 2.59 bits per heavy atom. The van der Waals surface area contributed by atoms with E-state index >= 15 is 0 Å². The lowest BCUT2D eigenvalue weighted by molar-refractivity contribution is -0.140. The summed E-state index contributed by atoms with van der Waals surface area (Å²) >= 11 is 1.01. The number of aromatic nitrogens is 3. The van der Waals surface area contributed by atoms with Crippen LogP contribution in [0.2, 0.25) is 0 Å². The second-order valence-electron chi connectivity index (χ2n) is 6.37. The van der Waals surface area contributed by atoms with Crippen LogP contribution in [0.25, 0.3) is 0 Å². The van der Waals surface area contributed by atoms with E-state index in [-0.39, 0.29) is 29.9 Å². The number of hydrogen-bond acceptors (Lipinski definition) is 6. The van der Waals surface area contributed by atoms with Crippen LogP contribution >= 0.6 is 35.3 Å². The molecule has 2 rings (SSSR count). The Hall–Kier alpha value is -1.44. The summed E-state index contributed by atoms with van der Waals surface area (Å²) in [5.41, 5.74) is -0.838. The van der Waals surface area contributed by atoms with Gasteiger partial charge in [0, 0.05) is 43.8 Å². The average molecular weight is 546 g/mol. The van der Waals surface area contributed by atoms with Gasteiger partial charge in [-0.3, -0.25) is 4.99 Å². The lowest BCUT2D eigenvalue weighted by atomic mass is 10.2. The molecule has 7 nitrogen and oxygen atoms in total. The number of aryl methyl sites for hydroxylation is 1. The normalized spacial score (nSPS) is 12.2. The number of aliphatic imine (C=N–C) groups is 1. The van der Waals surface area contributed by atoms with Gasteiger partial charge < -0.3 is 15.2 Å². The van der Waals surface area contributed by atoms with Crippen molar-refractivity contribution in [1.29, 1.82) is 0 Å². The molecule has 0 radical (unpaired) electrons. The molecule has 0 bridgehead atoms. The molecule has 2 N–H and O–H groups in total. The van der Waals surface area contributed by atoms with Crippen LogP contribution < -0.4 is 10.6 Å². The van der Waals surface area contributed by atoms with Gasteiger partial charge in [0.2, 0.25) is 5.89 Å².